The van der Waals surface area contributed by atoms with E-state index in [4.69, 9.17) is 9.47 Å². The molecule has 0 unspecified atom stereocenters. The van der Waals surface area contributed by atoms with E-state index in [9.17, 15) is 4.79 Å². The lowest BCUT2D eigenvalue weighted by atomic mass is 10.2. The number of carbonyl (C=O) groups excluding carboxylic acids is 1. The fraction of sp³-hybridized carbons (Fsp3) is 0.462. The molecule has 18 heavy (non-hydrogen) atoms. The van der Waals surface area contributed by atoms with Gasteiger partial charge in [-0.1, -0.05) is 0 Å². The average molecular weight is 361 g/mol. The number of ether oxygens (including phenoxy) is 2. The summed E-state index contributed by atoms with van der Waals surface area (Å²) in [6.45, 7) is 1.43. The quantitative estimate of drug-likeness (QED) is 0.816. The zero-order valence-electron chi connectivity index (χ0n) is 10.0. The standard InChI is InChI=1S/C13H16INO3/c14-10-3-5-11(6-4-10)18-9-13(16)15-8-12-2-1-7-17-12/h3-6,12H,1-2,7-9H2,(H,15,16)/t12-/m0/s1. The van der Waals surface area contributed by atoms with Gasteiger partial charge in [0.1, 0.15) is 5.75 Å². The predicted molar refractivity (Wildman–Crippen MR) is 76.6 cm³/mol. The molecule has 1 amide bonds. The smallest absolute Gasteiger partial charge is 0.258 e. The maximum Gasteiger partial charge on any atom is 0.258 e. The highest BCUT2D eigenvalue weighted by atomic mass is 127. The Labute approximate surface area is 120 Å². The molecule has 1 aliphatic rings. The van der Waals surface area contributed by atoms with E-state index in [0.717, 1.165) is 23.0 Å². The molecule has 1 fully saturated rings. The third-order valence-corrected chi connectivity index (χ3v) is 3.45. The lowest BCUT2D eigenvalue weighted by Crippen LogP contribution is -2.35. The summed E-state index contributed by atoms with van der Waals surface area (Å²) in [6.07, 6.45) is 2.28. The van der Waals surface area contributed by atoms with Crippen LogP contribution < -0.4 is 10.1 Å². The van der Waals surface area contributed by atoms with Crippen LogP contribution in [0, 0.1) is 3.57 Å². The first-order chi connectivity index (χ1) is 8.74. The second-order valence-corrected chi connectivity index (χ2v) is 5.43. The van der Waals surface area contributed by atoms with Gasteiger partial charge < -0.3 is 14.8 Å². The number of rotatable bonds is 5. The molecule has 4 nitrogen and oxygen atoms in total. The number of carbonyl (C=O) groups is 1. The number of benzene rings is 1. The zero-order valence-corrected chi connectivity index (χ0v) is 12.2. The molecule has 1 saturated heterocycles. The number of halogens is 1. The largest absolute Gasteiger partial charge is 0.484 e. The molecule has 1 aromatic rings. The minimum Gasteiger partial charge on any atom is -0.484 e. The Kier molecular flexibility index (Phi) is 5.25. The van der Waals surface area contributed by atoms with Crippen LogP contribution in [0.4, 0.5) is 0 Å². The van der Waals surface area contributed by atoms with Gasteiger partial charge in [-0.15, -0.1) is 0 Å². The molecule has 1 heterocycles. The van der Waals surface area contributed by atoms with Crippen molar-refractivity contribution in [3.63, 3.8) is 0 Å². The molecule has 0 bridgehead atoms. The van der Waals surface area contributed by atoms with Crippen molar-refractivity contribution in [2.75, 3.05) is 19.8 Å². The van der Waals surface area contributed by atoms with Crippen molar-refractivity contribution in [2.24, 2.45) is 0 Å². The maximum atomic E-state index is 11.5. The topological polar surface area (TPSA) is 47.6 Å². The van der Waals surface area contributed by atoms with Crippen LogP contribution in [-0.4, -0.2) is 31.8 Å². The van der Waals surface area contributed by atoms with E-state index in [1.807, 2.05) is 24.3 Å². The molecule has 0 saturated carbocycles. The minimum atomic E-state index is -0.107. The molecule has 98 valence electrons. The van der Waals surface area contributed by atoms with E-state index in [2.05, 4.69) is 27.9 Å². The second-order valence-electron chi connectivity index (χ2n) is 4.18. The Hall–Kier alpha value is -0.820. The van der Waals surface area contributed by atoms with E-state index >= 15 is 0 Å². The highest BCUT2D eigenvalue weighted by Gasteiger charge is 2.16. The monoisotopic (exact) mass is 361 g/mol. The van der Waals surface area contributed by atoms with E-state index in [1.165, 1.54) is 0 Å². The Morgan fingerprint density at radius 2 is 2.22 bits per heavy atom. The van der Waals surface area contributed by atoms with Crippen LogP contribution >= 0.6 is 22.6 Å². The van der Waals surface area contributed by atoms with Gasteiger partial charge in [0.25, 0.3) is 5.91 Å². The van der Waals surface area contributed by atoms with Crippen molar-refractivity contribution < 1.29 is 14.3 Å². The Morgan fingerprint density at radius 3 is 2.89 bits per heavy atom. The van der Waals surface area contributed by atoms with E-state index in [0.29, 0.717) is 12.3 Å². The van der Waals surface area contributed by atoms with Gasteiger partial charge in [-0.3, -0.25) is 4.79 Å². The zero-order chi connectivity index (χ0) is 12.8. The molecule has 1 N–H and O–H groups in total. The predicted octanol–water partition coefficient (Wildman–Crippen LogP) is 1.97. The summed E-state index contributed by atoms with van der Waals surface area (Å²) in [6, 6.07) is 7.60. The maximum absolute atomic E-state index is 11.5. The van der Waals surface area contributed by atoms with Gasteiger partial charge in [0.2, 0.25) is 0 Å². The molecule has 2 rings (SSSR count). The van der Waals surface area contributed by atoms with Gasteiger partial charge in [0, 0.05) is 16.7 Å². The second kappa shape index (κ2) is 6.94. The minimum absolute atomic E-state index is 0.0489. The molecular weight excluding hydrogens is 345 g/mol. The fourth-order valence-electron chi connectivity index (χ4n) is 1.76. The van der Waals surface area contributed by atoms with Gasteiger partial charge >= 0.3 is 0 Å². The molecule has 0 aliphatic carbocycles. The molecule has 0 spiro atoms. The van der Waals surface area contributed by atoms with Crippen molar-refractivity contribution >= 4 is 28.5 Å². The first-order valence-corrected chi connectivity index (χ1v) is 7.08. The average Bonchev–Trinajstić information content (AvgIpc) is 2.89. The summed E-state index contributed by atoms with van der Waals surface area (Å²) >= 11 is 2.22. The first kappa shape index (κ1) is 13.6. The van der Waals surface area contributed by atoms with Crippen LogP contribution in [0.25, 0.3) is 0 Å². The molecule has 0 radical (unpaired) electrons. The third kappa shape index (κ3) is 4.45. The molecule has 1 atom stereocenters. The van der Waals surface area contributed by atoms with Crippen LogP contribution in [0.1, 0.15) is 12.8 Å². The van der Waals surface area contributed by atoms with E-state index < -0.39 is 0 Å². The number of nitrogens with one attached hydrogen (secondary N) is 1. The van der Waals surface area contributed by atoms with Crippen LogP contribution in [-0.2, 0) is 9.53 Å². The molecule has 0 aromatic heterocycles. The molecule has 5 heteroatoms. The van der Waals surface area contributed by atoms with Gasteiger partial charge in [-0.2, -0.15) is 0 Å². The Bertz CT molecular complexity index is 388. The highest BCUT2D eigenvalue weighted by molar-refractivity contribution is 14.1. The number of amides is 1. The van der Waals surface area contributed by atoms with Gasteiger partial charge in [0.15, 0.2) is 6.61 Å². The van der Waals surface area contributed by atoms with Gasteiger partial charge in [0.05, 0.1) is 6.10 Å². The first-order valence-electron chi connectivity index (χ1n) is 6.01. The summed E-state index contributed by atoms with van der Waals surface area (Å²) in [7, 11) is 0. The Balaban J connectivity index is 1.66. The van der Waals surface area contributed by atoms with Gasteiger partial charge in [-0.05, 0) is 59.7 Å². The van der Waals surface area contributed by atoms with E-state index in [-0.39, 0.29) is 18.6 Å². The SMILES string of the molecule is O=C(COc1ccc(I)cc1)NC[C@@H]1CCCO1. The normalized spacial score (nSPS) is 18.6. The summed E-state index contributed by atoms with van der Waals surface area (Å²) in [5, 5.41) is 2.82. The summed E-state index contributed by atoms with van der Waals surface area (Å²) in [5.74, 6) is 0.603. The van der Waals surface area contributed by atoms with Crippen LogP contribution in [0.2, 0.25) is 0 Å². The lowest BCUT2D eigenvalue weighted by Gasteiger charge is -2.11. The molecule has 1 aliphatic heterocycles. The molecular formula is C13H16INO3. The number of hydrogen-bond donors (Lipinski definition) is 1. The summed E-state index contributed by atoms with van der Waals surface area (Å²) in [4.78, 5) is 11.5. The van der Waals surface area contributed by atoms with E-state index in [1.54, 1.807) is 0 Å². The van der Waals surface area contributed by atoms with Crippen LogP contribution in [0.15, 0.2) is 24.3 Å². The Morgan fingerprint density at radius 1 is 1.44 bits per heavy atom. The van der Waals surface area contributed by atoms with Crippen LogP contribution in [0.3, 0.4) is 0 Å². The van der Waals surface area contributed by atoms with Gasteiger partial charge in [-0.25, -0.2) is 0 Å². The number of hydrogen-bond acceptors (Lipinski definition) is 3. The van der Waals surface area contributed by atoms with Crippen molar-refractivity contribution in [3.05, 3.63) is 27.8 Å². The van der Waals surface area contributed by atoms with Crippen molar-refractivity contribution in [1.29, 1.82) is 0 Å². The fourth-order valence-corrected chi connectivity index (χ4v) is 2.12. The summed E-state index contributed by atoms with van der Waals surface area (Å²) < 4.78 is 11.9. The highest BCUT2D eigenvalue weighted by Crippen LogP contribution is 2.13. The molecule has 1 aromatic carbocycles. The van der Waals surface area contributed by atoms with Crippen LogP contribution in [0.5, 0.6) is 5.75 Å². The summed E-state index contributed by atoms with van der Waals surface area (Å²) in [5.41, 5.74) is 0. The lowest BCUT2D eigenvalue weighted by molar-refractivity contribution is -0.123. The van der Waals surface area contributed by atoms with Crippen molar-refractivity contribution in [1.82, 2.24) is 5.32 Å². The third-order valence-electron chi connectivity index (χ3n) is 2.73. The van der Waals surface area contributed by atoms with Crippen molar-refractivity contribution in [3.8, 4) is 5.75 Å². The van der Waals surface area contributed by atoms with Crippen molar-refractivity contribution in [2.45, 2.75) is 18.9 Å².